The van der Waals surface area contributed by atoms with Crippen LogP contribution in [0.15, 0.2) is 47.5 Å². The molecule has 2 rings (SSSR count). The summed E-state index contributed by atoms with van der Waals surface area (Å²) in [6, 6.07) is 10.2. The predicted molar refractivity (Wildman–Crippen MR) is 75.6 cm³/mol. The summed E-state index contributed by atoms with van der Waals surface area (Å²) in [5.41, 5.74) is 1.78. The average Bonchev–Trinajstić information content (AvgIpc) is 2.39. The fourth-order valence-corrected chi connectivity index (χ4v) is 2.59. The van der Waals surface area contributed by atoms with Crippen molar-refractivity contribution in [2.75, 3.05) is 14.1 Å². The summed E-state index contributed by atoms with van der Waals surface area (Å²) in [5, 5.41) is 0.426. The van der Waals surface area contributed by atoms with Gasteiger partial charge in [-0.1, -0.05) is 23.7 Å². The van der Waals surface area contributed by atoms with E-state index in [1.807, 2.05) is 6.07 Å². The van der Waals surface area contributed by atoms with E-state index in [-0.39, 0.29) is 4.90 Å². The van der Waals surface area contributed by atoms with Crippen molar-refractivity contribution in [2.24, 2.45) is 0 Å². The molecule has 0 spiro atoms. The minimum absolute atomic E-state index is 0.267. The quantitative estimate of drug-likeness (QED) is 0.818. The Morgan fingerprint density at radius 1 is 1.00 bits per heavy atom. The monoisotopic (exact) mass is 296 g/mol. The van der Waals surface area contributed by atoms with Gasteiger partial charge in [-0.05, 0) is 29.8 Å². The largest absolute Gasteiger partial charge is 0.244 e. The molecule has 1 aromatic heterocycles. The van der Waals surface area contributed by atoms with Crippen molar-refractivity contribution >= 4 is 21.6 Å². The van der Waals surface area contributed by atoms with Crippen molar-refractivity contribution in [3.63, 3.8) is 0 Å². The second-order valence-electron chi connectivity index (χ2n) is 4.18. The van der Waals surface area contributed by atoms with E-state index >= 15 is 0 Å². The van der Waals surface area contributed by atoms with Crippen molar-refractivity contribution in [3.05, 3.63) is 47.7 Å². The van der Waals surface area contributed by atoms with Crippen LogP contribution in [0.2, 0.25) is 5.15 Å². The van der Waals surface area contributed by atoms with Crippen LogP contribution in [-0.4, -0.2) is 31.8 Å². The van der Waals surface area contributed by atoms with Crippen LogP contribution in [0.5, 0.6) is 0 Å². The number of halogens is 1. The topological polar surface area (TPSA) is 50.3 Å². The van der Waals surface area contributed by atoms with Crippen molar-refractivity contribution in [3.8, 4) is 11.1 Å². The fraction of sp³-hybridized carbons (Fsp3) is 0.154. The first kappa shape index (κ1) is 14.0. The van der Waals surface area contributed by atoms with Crippen LogP contribution in [0.3, 0.4) is 0 Å². The molecule has 0 amide bonds. The van der Waals surface area contributed by atoms with E-state index < -0.39 is 10.0 Å². The Kier molecular flexibility index (Phi) is 3.89. The molecular formula is C13H13ClN2O2S. The maximum absolute atomic E-state index is 11.9. The molecule has 6 heteroatoms. The molecule has 2 aromatic rings. The van der Waals surface area contributed by atoms with Gasteiger partial charge in [0, 0.05) is 25.9 Å². The highest BCUT2D eigenvalue weighted by molar-refractivity contribution is 7.89. The normalized spacial score (nSPS) is 11.8. The van der Waals surface area contributed by atoms with Gasteiger partial charge in [-0.15, -0.1) is 0 Å². The first-order valence-corrected chi connectivity index (χ1v) is 7.37. The van der Waals surface area contributed by atoms with Gasteiger partial charge in [0.15, 0.2) is 0 Å². The minimum atomic E-state index is -3.39. The molecule has 4 nitrogen and oxygen atoms in total. The van der Waals surface area contributed by atoms with Crippen LogP contribution in [0, 0.1) is 0 Å². The van der Waals surface area contributed by atoms with Gasteiger partial charge in [0.2, 0.25) is 10.0 Å². The summed E-state index contributed by atoms with van der Waals surface area (Å²) >= 11 is 5.72. The number of rotatable bonds is 3. The molecule has 0 aliphatic heterocycles. The lowest BCUT2D eigenvalue weighted by atomic mass is 10.1. The number of benzene rings is 1. The molecule has 0 unspecified atom stereocenters. The van der Waals surface area contributed by atoms with Crippen molar-refractivity contribution in [2.45, 2.75) is 4.90 Å². The Hall–Kier alpha value is -1.43. The molecule has 0 atom stereocenters. The molecule has 0 saturated heterocycles. The average molecular weight is 297 g/mol. The van der Waals surface area contributed by atoms with E-state index in [9.17, 15) is 8.42 Å². The smallest absolute Gasteiger partial charge is 0.242 e. The van der Waals surface area contributed by atoms with Crippen LogP contribution < -0.4 is 0 Å². The highest BCUT2D eigenvalue weighted by Gasteiger charge is 2.16. The van der Waals surface area contributed by atoms with Crippen molar-refractivity contribution in [1.29, 1.82) is 0 Å². The Labute approximate surface area is 117 Å². The van der Waals surface area contributed by atoms with Gasteiger partial charge in [0.05, 0.1) is 4.90 Å². The van der Waals surface area contributed by atoms with E-state index in [2.05, 4.69) is 4.98 Å². The maximum Gasteiger partial charge on any atom is 0.242 e. The first-order valence-electron chi connectivity index (χ1n) is 5.56. The number of sulfonamides is 1. The molecule has 0 fully saturated rings. The van der Waals surface area contributed by atoms with E-state index in [1.54, 1.807) is 36.5 Å². The number of pyridine rings is 1. The number of hydrogen-bond donors (Lipinski definition) is 0. The van der Waals surface area contributed by atoms with Gasteiger partial charge >= 0.3 is 0 Å². The Morgan fingerprint density at radius 2 is 1.58 bits per heavy atom. The number of aromatic nitrogens is 1. The molecule has 0 saturated carbocycles. The van der Waals surface area contributed by atoms with Gasteiger partial charge in [-0.2, -0.15) is 0 Å². The second kappa shape index (κ2) is 5.28. The van der Waals surface area contributed by atoms with E-state index in [4.69, 9.17) is 11.6 Å². The van der Waals surface area contributed by atoms with Crippen LogP contribution in [0.25, 0.3) is 11.1 Å². The minimum Gasteiger partial charge on any atom is -0.244 e. The molecule has 1 heterocycles. The van der Waals surface area contributed by atoms with Crippen molar-refractivity contribution < 1.29 is 8.42 Å². The summed E-state index contributed by atoms with van der Waals surface area (Å²) in [5.74, 6) is 0. The van der Waals surface area contributed by atoms with Gasteiger partial charge in [-0.25, -0.2) is 17.7 Å². The maximum atomic E-state index is 11.9. The van der Waals surface area contributed by atoms with E-state index in [1.165, 1.54) is 18.4 Å². The summed E-state index contributed by atoms with van der Waals surface area (Å²) in [6.07, 6.45) is 1.65. The van der Waals surface area contributed by atoms with E-state index in [0.29, 0.717) is 5.15 Å². The van der Waals surface area contributed by atoms with Gasteiger partial charge in [0.25, 0.3) is 0 Å². The lowest BCUT2D eigenvalue weighted by Crippen LogP contribution is -2.22. The fourth-order valence-electron chi connectivity index (χ4n) is 1.58. The third-order valence-electron chi connectivity index (χ3n) is 2.69. The Balaban J connectivity index is 2.36. The number of nitrogens with zero attached hydrogens (tertiary/aromatic N) is 2. The van der Waals surface area contributed by atoms with Crippen LogP contribution >= 0.6 is 11.6 Å². The first-order chi connectivity index (χ1) is 8.91. The lowest BCUT2D eigenvalue weighted by molar-refractivity contribution is 0.521. The van der Waals surface area contributed by atoms with Gasteiger partial charge < -0.3 is 0 Å². The SMILES string of the molecule is CN(C)S(=O)(=O)c1ccc(-c2ccc(Cl)nc2)cc1. The molecule has 0 aliphatic rings. The number of hydrogen-bond acceptors (Lipinski definition) is 3. The molecule has 0 bridgehead atoms. The summed E-state index contributed by atoms with van der Waals surface area (Å²) in [4.78, 5) is 4.26. The van der Waals surface area contributed by atoms with E-state index in [0.717, 1.165) is 11.1 Å². The highest BCUT2D eigenvalue weighted by Crippen LogP contribution is 2.22. The Bertz CT molecular complexity index is 665. The molecule has 0 N–H and O–H groups in total. The summed E-state index contributed by atoms with van der Waals surface area (Å²) in [6.45, 7) is 0. The lowest BCUT2D eigenvalue weighted by Gasteiger charge is -2.11. The molecule has 1 aromatic carbocycles. The van der Waals surface area contributed by atoms with Crippen LogP contribution in [-0.2, 0) is 10.0 Å². The molecule has 0 radical (unpaired) electrons. The summed E-state index contributed by atoms with van der Waals surface area (Å²) < 4.78 is 25.0. The van der Waals surface area contributed by atoms with Crippen LogP contribution in [0.1, 0.15) is 0 Å². The summed E-state index contributed by atoms with van der Waals surface area (Å²) in [7, 11) is -0.373. The zero-order chi connectivity index (χ0) is 14.0. The van der Waals surface area contributed by atoms with Gasteiger partial charge in [-0.3, -0.25) is 0 Å². The third kappa shape index (κ3) is 2.94. The zero-order valence-corrected chi connectivity index (χ0v) is 12.1. The zero-order valence-electron chi connectivity index (χ0n) is 10.5. The third-order valence-corrected chi connectivity index (χ3v) is 4.75. The highest BCUT2D eigenvalue weighted by atomic mass is 35.5. The van der Waals surface area contributed by atoms with Crippen molar-refractivity contribution in [1.82, 2.24) is 9.29 Å². The van der Waals surface area contributed by atoms with Crippen LogP contribution in [0.4, 0.5) is 0 Å². The molecule has 19 heavy (non-hydrogen) atoms. The van der Waals surface area contributed by atoms with Gasteiger partial charge in [0.1, 0.15) is 5.15 Å². The molecular weight excluding hydrogens is 284 g/mol. The standard InChI is InChI=1S/C13H13ClN2O2S/c1-16(2)19(17,18)12-6-3-10(4-7-12)11-5-8-13(14)15-9-11/h3-9H,1-2H3. The predicted octanol–water partition coefficient (Wildman–Crippen LogP) is 2.65. The second-order valence-corrected chi connectivity index (χ2v) is 6.72. The molecule has 0 aliphatic carbocycles. The molecule has 100 valence electrons. The Morgan fingerprint density at radius 3 is 2.05 bits per heavy atom.